The molecule has 1 atom stereocenters. The third kappa shape index (κ3) is 3.54. The van der Waals surface area contributed by atoms with Gasteiger partial charge in [0.1, 0.15) is 12.1 Å². The van der Waals surface area contributed by atoms with Crippen molar-refractivity contribution in [3.63, 3.8) is 0 Å². The minimum Gasteiger partial charge on any atom is -0.335 e. The highest BCUT2D eigenvalue weighted by atomic mass is 16.2. The molecule has 1 spiro atoms. The van der Waals surface area contributed by atoms with Gasteiger partial charge in [-0.1, -0.05) is 62.8 Å². The summed E-state index contributed by atoms with van der Waals surface area (Å²) in [6.45, 7) is -0.137. The molecule has 0 radical (unpaired) electrons. The van der Waals surface area contributed by atoms with Crippen LogP contribution in [0.2, 0.25) is 0 Å². The predicted molar refractivity (Wildman–Crippen MR) is 117 cm³/mol. The molecule has 1 N–H and O–H groups in total. The first-order valence-electron chi connectivity index (χ1n) is 12.1. The zero-order valence-corrected chi connectivity index (χ0v) is 18.3. The second-order valence-corrected chi connectivity index (χ2v) is 9.77. The van der Waals surface area contributed by atoms with Gasteiger partial charge < -0.3 is 10.2 Å². The van der Waals surface area contributed by atoms with Gasteiger partial charge in [-0.3, -0.25) is 14.5 Å². The summed E-state index contributed by atoms with van der Waals surface area (Å²) in [4.78, 5) is 43.2. The molecule has 0 aromatic heterocycles. The molecule has 5 rings (SSSR count). The number of urea groups is 1. The molecular formula is C25H33N3O3. The Balaban J connectivity index is 1.37. The van der Waals surface area contributed by atoms with Crippen LogP contribution in [-0.2, 0) is 21.5 Å². The number of rotatable bonds is 4. The highest BCUT2D eigenvalue weighted by Gasteiger charge is 2.55. The maximum atomic E-state index is 13.6. The number of carbonyl (C=O) groups is 3. The third-order valence-corrected chi connectivity index (χ3v) is 7.94. The van der Waals surface area contributed by atoms with Gasteiger partial charge in [0.2, 0.25) is 5.91 Å². The Morgan fingerprint density at radius 3 is 2.23 bits per heavy atom. The molecule has 4 amide bonds. The van der Waals surface area contributed by atoms with E-state index in [4.69, 9.17) is 0 Å². The van der Waals surface area contributed by atoms with Crippen LogP contribution >= 0.6 is 0 Å². The number of hydrogen-bond acceptors (Lipinski definition) is 3. The molecule has 1 aromatic carbocycles. The molecule has 3 aliphatic carbocycles. The number of hydrogen-bond donors (Lipinski definition) is 1. The summed E-state index contributed by atoms with van der Waals surface area (Å²) >= 11 is 0. The number of nitrogens with zero attached hydrogens (tertiary/aromatic N) is 2. The molecule has 31 heavy (non-hydrogen) atoms. The quantitative estimate of drug-likeness (QED) is 0.748. The van der Waals surface area contributed by atoms with Gasteiger partial charge in [0.05, 0.1) is 0 Å². The molecule has 1 aromatic rings. The lowest BCUT2D eigenvalue weighted by Crippen LogP contribution is -2.53. The molecule has 1 saturated heterocycles. The van der Waals surface area contributed by atoms with Crippen LogP contribution in [0.1, 0.15) is 81.8 Å². The fraction of sp³-hybridized carbons (Fsp3) is 0.640. The van der Waals surface area contributed by atoms with E-state index in [0.29, 0.717) is 6.42 Å². The number of benzene rings is 1. The maximum Gasteiger partial charge on any atom is 0.325 e. The van der Waals surface area contributed by atoms with Crippen LogP contribution in [0.15, 0.2) is 24.3 Å². The summed E-state index contributed by atoms with van der Waals surface area (Å²) in [5.74, 6) is -0.311. The Bertz CT molecular complexity index is 855. The van der Waals surface area contributed by atoms with Crippen LogP contribution < -0.4 is 5.32 Å². The number of nitrogens with one attached hydrogen (secondary N) is 1. The molecule has 166 valence electrons. The van der Waals surface area contributed by atoms with Crippen molar-refractivity contribution in [2.75, 3.05) is 6.54 Å². The highest BCUT2D eigenvalue weighted by Crippen LogP contribution is 2.41. The molecule has 4 aliphatic rings. The molecule has 3 fully saturated rings. The van der Waals surface area contributed by atoms with E-state index in [2.05, 4.69) is 10.2 Å². The number of carbonyl (C=O) groups excluding carboxylic acids is 3. The Morgan fingerprint density at radius 1 is 0.968 bits per heavy atom. The van der Waals surface area contributed by atoms with Crippen LogP contribution in [0.25, 0.3) is 0 Å². The lowest BCUT2D eigenvalue weighted by Gasteiger charge is -2.42. The lowest BCUT2D eigenvalue weighted by atomic mass is 9.88. The van der Waals surface area contributed by atoms with Crippen molar-refractivity contribution in [1.82, 2.24) is 15.1 Å². The van der Waals surface area contributed by atoms with Crippen molar-refractivity contribution in [3.05, 3.63) is 35.4 Å². The van der Waals surface area contributed by atoms with Gasteiger partial charge in [-0.05, 0) is 49.7 Å². The van der Waals surface area contributed by atoms with Gasteiger partial charge in [-0.2, -0.15) is 0 Å². The topological polar surface area (TPSA) is 69.7 Å². The van der Waals surface area contributed by atoms with E-state index in [9.17, 15) is 14.4 Å². The molecule has 6 heteroatoms. The maximum absolute atomic E-state index is 13.6. The van der Waals surface area contributed by atoms with Gasteiger partial charge in [0, 0.05) is 12.1 Å². The summed E-state index contributed by atoms with van der Waals surface area (Å²) < 4.78 is 0. The first kappa shape index (κ1) is 20.5. The van der Waals surface area contributed by atoms with Crippen molar-refractivity contribution in [2.24, 2.45) is 0 Å². The monoisotopic (exact) mass is 423 g/mol. The zero-order valence-electron chi connectivity index (χ0n) is 18.3. The third-order valence-electron chi connectivity index (χ3n) is 7.94. The summed E-state index contributed by atoms with van der Waals surface area (Å²) in [7, 11) is 0. The van der Waals surface area contributed by atoms with Crippen LogP contribution in [0, 0.1) is 0 Å². The second-order valence-electron chi connectivity index (χ2n) is 9.77. The Hall–Kier alpha value is -2.37. The van der Waals surface area contributed by atoms with E-state index in [1.807, 2.05) is 24.3 Å². The molecule has 2 saturated carbocycles. The van der Waals surface area contributed by atoms with E-state index in [1.54, 1.807) is 0 Å². The van der Waals surface area contributed by atoms with Crippen molar-refractivity contribution in [1.29, 1.82) is 0 Å². The van der Waals surface area contributed by atoms with Crippen molar-refractivity contribution in [2.45, 2.75) is 94.7 Å². The van der Waals surface area contributed by atoms with E-state index in [0.717, 1.165) is 68.9 Å². The van der Waals surface area contributed by atoms with Crippen LogP contribution in [0.5, 0.6) is 0 Å². The average molecular weight is 424 g/mol. The van der Waals surface area contributed by atoms with Crippen LogP contribution in [-0.4, -0.2) is 46.3 Å². The number of amides is 4. The van der Waals surface area contributed by atoms with E-state index < -0.39 is 11.6 Å². The smallest absolute Gasteiger partial charge is 0.325 e. The minimum atomic E-state index is -0.992. The fourth-order valence-electron chi connectivity index (χ4n) is 6.37. The Labute approximate surface area is 184 Å². The summed E-state index contributed by atoms with van der Waals surface area (Å²) in [6.07, 6.45) is 12.6. The van der Waals surface area contributed by atoms with Crippen LogP contribution in [0.3, 0.4) is 0 Å². The first-order chi connectivity index (χ1) is 15.1. The first-order valence-corrected chi connectivity index (χ1v) is 12.1. The van der Waals surface area contributed by atoms with E-state index >= 15 is 0 Å². The highest BCUT2D eigenvalue weighted by molar-refractivity contribution is 6.10. The standard InChI is InChI=1S/C25H33N3O3/c29-22(28(19-10-3-1-4-11-19)20-12-5-2-6-13-20)17-27-23(30)25(26-24(27)31)16-15-18-9-7-8-14-21(18)25/h7-9,14,19-20H,1-6,10-13,15-17H2,(H,26,31). The summed E-state index contributed by atoms with van der Waals surface area (Å²) in [5.41, 5.74) is 1.00. The number of aryl methyl sites for hydroxylation is 1. The van der Waals surface area contributed by atoms with Crippen molar-refractivity contribution < 1.29 is 14.4 Å². The lowest BCUT2D eigenvalue weighted by molar-refractivity contribution is -0.143. The molecule has 6 nitrogen and oxygen atoms in total. The largest absolute Gasteiger partial charge is 0.335 e. The van der Waals surface area contributed by atoms with Crippen molar-refractivity contribution >= 4 is 17.8 Å². The van der Waals surface area contributed by atoms with Crippen molar-refractivity contribution in [3.8, 4) is 0 Å². The van der Waals surface area contributed by atoms with Gasteiger partial charge in [-0.15, -0.1) is 0 Å². The summed E-state index contributed by atoms with van der Waals surface area (Å²) in [6, 6.07) is 7.91. The molecule has 0 bridgehead atoms. The minimum absolute atomic E-state index is 0.0503. The van der Waals surface area contributed by atoms with E-state index in [-0.39, 0.29) is 30.4 Å². The van der Waals surface area contributed by atoms with Gasteiger partial charge in [0.25, 0.3) is 5.91 Å². The number of fused-ring (bicyclic) bond motifs is 2. The van der Waals surface area contributed by atoms with Crippen LogP contribution in [0.4, 0.5) is 4.79 Å². The predicted octanol–water partition coefficient (Wildman–Crippen LogP) is 3.87. The molecule has 1 unspecified atom stereocenters. The van der Waals surface area contributed by atoms with Gasteiger partial charge >= 0.3 is 6.03 Å². The van der Waals surface area contributed by atoms with Gasteiger partial charge in [-0.25, -0.2) is 4.79 Å². The van der Waals surface area contributed by atoms with Gasteiger partial charge in [0.15, 0.2) is 0 Å². The molecule has 1 aliphatic heterocycles. The Morgan fingerprint density at radius 2 is 1.58 bits per heavy atom. The fourth-order valence-corrected chi connectivity index (χ4v) is 6.37. The zero-order chi connectivity index (χ0) is 21.4. The molecule has 1 heterocycles. The normalized spacial score (nSPS) is 26.9. The number of imide groups is 1. The Kier molecular flexibility index (Phi) is 5.49. The average Bonchev–Trinajstić information content (AvgIpc) is 3.29. The molecular weight excluding hydrogens is 390 g/mol. The van der Waals surface area contributed by atoms with E-state index in [1.165, 1.54) is 17.7 Å². The summed E-state index contributed by atoms with van der Waals surface area (Å²) in [5, 5.41) is 2.96. The SMILES string of the molecule is O=C1NC2(CCc3ccccc32)C(=O)N1CC(=O)N(C1CCCCC1)C1CCCCC1. The second kappa shape index (κ2) is 8.29.